The molecular formula is C19H20N6. The zero-order valence-corrected chi connectivity index (χ0v) is 14.1. The maximum Gasteiger partial charge on any atom is 0.225 e. The quantitative estimate of drug-likeness (QED) is 0.792. The Kier molecular flexibility index (Phi) is 4.24. The van der Waals surface area contributed by atoms with Crippen molar-refractivity contribution in [3.8, 4) is 11.3 Å². The molecule has 1 aromatic carbocycles. The lowest BCUT2D eigenvalue weighted by Gasteiger charge is -2.17. The first kappa shape index (κ1) is 15.5. The highest BCUT2D eigenvalue weighted by molar-refractivity contribution is 5.60. The van der Waals surface area contributed by atoms with Gasteiger partial charge in [0.1, 0.15) is 5.82 Å². The predicted octanol–water partition coefficient (Wildman–Crippen LogP) is 2.93. The van der Waals surface area contributed by atoms with Gasteiger partial charge in [-0.1, -0.05) is 30.3 Å². The fourth-order valence-corrected chi connectivity index (χ4v) is 3.07. The number of aromatic nitrogens is 4. The number of hydrogen-bond acceptors (Lipinski definition) is 6. The van der Waals surface area contributed by atoms with E-state index >= 15 is 0 Å². The first-order valence-corrected chi connectivity index (χ1v) is 8.46. The van der Waals surface area contributed by atoms with Gasteiger partial charge in [0, 0.05) is 37.1 Å². The molecule has 0 radical (unpaired) electrons. The van der Waals surface area contributed by atoms with Crippen LogP contribution in [0.5, 0.6) is 0 Å². The molecular weight excluding hydrogens is 312 g/mol. The highest BCUT2D eigenvalue weighted by Gasteiger charge is 2.24. The molecule has 1 aliphatic heterocycles. The van der Waals surface area contributed by atoms with Gasteiger partial charge in [0.05, 0.1) is 17.6 Å². The van der Waals surface area contributed by atoms with Crippen LogP contribution in [0.25, 0.3) is 11.3 Å². The first-order chi connectivity index (χ1) is 12.3. The second-order valence-electron chi connectivity index (χ2n) is 6.23. The Hall–Kier alpha value is -3.02. The molecule has 1 fully saturated rings. The SMILES string of the molecule is Cc1cncc(NC2CCN(c3nccc(-c4ccccc4)n3)C2)n1. The van der Waals surface area contributed by atoms with Gasteiger partial charge in [0.15, 0.2) is 0 Å². The largest absolute Gasteiger partial charge is 0.364 e. The van der Waals surface area contributed by atoms with Gasteiger partial charge in [0.2, 0.25) is 5.95 Å². The van der Waals surface area contributed by atoms with Crippen molar-refractivity contribution in [1.29, 1.82) is 0 Å². The van der Waals surface area contributed by atoms with Gasteiger partial charge in [-0.25, -0.2) is 15.0 Å². The third-order valence-corrected chi connectivity index (χ3v) is 4.29. The zero-order valence-electron chi connectivity index (χ0n) is 14.1. The third-order valence-electron chi connectivity index (χ3n) is 4.29. The van der Waals surface area contributed by atoms with Crippen LogP contribution in [0.2, 0.25) is 0 Å². The summed E-state index contributed by atoms with van der Waals surface area (Å²) in [4.78, 5) is 20.1. The molecule has 1 atom stereocenters. The van der Waals surface area contributed by atoms with Crippen LogP contribution < -0.4 is 10.2 Å². The molecule has 4 rings (SSSR count). The first-order valence-electron chi connectivity index (χ1n) is 8.46. The lowest BCUT2D eigenvalue weighted by atomic mass is 10.1. The lowest BCUT2D eigenvalue weighted by Crippen LogP contribution is -2.27. The van der Waals surface area contributed by atoms with Crippen molar-refractivity contribution in [2.75, 3.05) is 23.3 Å². The van der Waals surface area contributed by atoms with Crippen LogP contribution in [-0.4, -0.2) is 39.1 Å². The van der Waals surface area contributed by atoms with Gasteiger partial charge < -0.3 is 10.2 Å². The van der Waals surface area contributed by atoms with Crippen molar-refractivity contribution < 1.29 is 0 Å². The minimum absolute atomic E-state index is 0.320. The summed E-state index contributed by atoms with van der Waals surface area (Å²) in [6.07, 6.45) is 6.38. The monoisotopic (exact) mass is 332 g/mol. The van der Waals surface area contributed by atoms with Gasteiger partial charge in [-0.05, 0) is 19.4 Å². The average Bonchev–Trinajstić information content (AvgIpc) is 3.11. The molecule has 126 valence electrons. The van der Waals surface area contributed by atoms with E-state index in [0.29, 0.717) is 6.04 Å². The molecule has 6 nitrogen and oxygen atoms in total. The number of hydrogen-bond donors (Lipinski definition) is 1. The summed E-state index contributed by atoms with van der Waals surface area (Å²) in [5.74, 6) is 1.60. The summed E-state index contributed by atoms with van der Waals surface area (Å²) in [7, 11) is 0. The molecule has 1 N–H and O–H groups in total. The highest BCUT2D eigenvalue weighted by atomic mass is 15.3. The molecule has 0 saturated carbocycles. The van der Waals surface area contributed by atoms with Crippen molar-refractivity contribution in [2.45, 2.75) is 19.4 Å². The minimum atomic E-state index is 0.320. The Labute approximate surface area is 147 Å². The molecule has 0 spiro atoms. The normalized spacial score (nSPS) is 16.8. The predicted molar refractivity (Wildman–Crippen MR) is 98.5 cm³/mol. The highest BCUT2D eigenvalue weighted by Crippen LogP contribution is 2.22. The molecule has 3 aromatic rings. The number of anilines is 2. The molecule has 0 bridgehead atoms. The van der Waals surface area contributed by atoms with E-state index in [0.717, 1.165) is 48.2 Å². The average molecular weight is 332 g/mol. The van der Waals surface area contributed by atoms with Crippen molar-refractivity contribution in [3.63, 3.8) is 0 Å². The Balaban J connectivity index is 1.47. The van der Waals surface area contributed by atoms with Crippen molar-refractivity contribution in [3.05, 3.63) is 60.7 Å². The van der Waals surface area contributed by atoms with Gasteiger partial charge >= 0.3 is 0 Å². The second-order valence-corrected chi connectivity index (χ2v) is 6.23. The van der Waals surface area contributed by atoms with Crippen molar-refractivity contribution >= 4 is 11.8 Å². The maximum absolute atomic E-state index is 4.74. The van der Waals surface area contributed by atoms with Gasteiger partial charge in [-0.3, -0.25) is 4.98 Å². The summed E-state index contributed by atoms with van der Waals surface area (Å²) >= 11 is 0. The molecule has 0 aliphatic carbocycles. The summed E-state index contributed by atoms with van der Waals surface area (Å²) in [6.45, 7) is 3.73. The molecule has 2 aromatic heterocycles. The van der Waals surface area contributed by atoms with Crippen LogP contribution in [0.15, 0.2) is 55.0 Å². The molecule has 25 heavy (non-hydrogen) atoms. The molecule has 6 heteroatoms. The van der Waals surface area contributed by atoms with Crippen molar-refractivity contribution in [2.24, 2.45) is 0 Å². The second kappa shape index (κ2) is 6.84. The van der Waals surface area contributed by atoms with E-state index in [4.69, 9.17) is 4.98 Å². The van der Waals surface area contributed by atoms with E-state index in [9.17, 15) is 0 Å². The molecule has 3 heterocycles. The molecule has 1 saturated heterocycles. The Morgan fingerprint density at radius 3 is 2.80 bits per heavy atom. The third kappa shape index (κ3) is 3.57. The van der Waals surface area contributed by atoms with Crippen molar-refractivity contribution in [1.82, 2.24) is 19.9 Å². The van der Waals surface area contributed by atoms with E-state index in [1.165, 1.54) is 0 Å². The number of nitrogens with one attached hydrogen (secondary N) is 1. The topological polar surface area (TPSA) is 66.8 Å². The van der Waals surface area contributed by atoms with Gasteiger partial charge in [-0.15, -0.1) is 0 Å². The van der Waals surface area contributed by atoms with Gasteiger partial charge in [-0.2, -0.15) is 0 Å². The van der Waals surface area contributed by atoms with E-state index in [-0.39, 0.29) is 0 Å². The van der Waals surface area contributed by atoms with Crippen LogP contribution in [0, 0.1) is 6.92 Å². The maximum atomic E-state index is 4.74. The van der Waals surface area contributed by atoms with E-state index < -0.39 is 0 Å². The van der Waals surface area contributed by atoms with E-state index in [2.05, 4.69) is 37.3 Å². The fraction of sp³-hybridized carbons (Fsp3) is 0.263. The molecule has 1 aliphatic rings. The fourth-order valence-electron chi connectivity index (χ4n) is 3.07. The summed E-state index contributed by atoms with van der Waals surface area (Å²) in [5.41, 5.74) is 2.97. The molecule has 0 amide bonds. The van der Waals surface area contributed by atoms with Crippen LogP contribution >= 0.6 is 0 Å². The van der Waals surface area contributed by atoms with Crippen LogP contribution in [0.1, 0.15) is 12.1 Å². The zero-order chi connectivity index (χ0) is 17.1. The number of benzene rings is 1. The summed E-state index contributed by atoms with van der Waals surface area (Å²) in [5, 5.41) is 3.46. The smallest absolute Gasteiger partial charge is 0.225 e. The number of aryl methyl sites for hydroxylation is 1. The Morgan fingerprint density at radius 1 is 1.08 bits per heavy atom. The number of nitrogens with zero attached hydrogens (tertiary/aromatic N) is 5. The van der Waals surface area contributed by atoms with Crippen LogP contribution in [0.4, 0.5) is 11.8 Å². The number of rotatable bonds is 4. The minimum Gasteiger partial charge on any atom is -0.364 e. The standard InChI is InChI=1S/C19H20N6/c1-14-11-20-12-18(22-14)23-16-8-10-25(13-16)19-21-9-7-17(24-19)15-5-3-2-4-6-15/h2-7,9,11-12,16H,8,10,13H2,1H3,(H,22,23). The summed E-state index contributed by atoms with van der Waals surface area (Å²) < 4.78 is 0. The Bertz CT molecular complexity index is 851. The molecule has 1 unspecified atom stereocenters. The van der Waals surface area contributed by atoms with Gasteiger partial charge in [0.25, 0.3) is 0 Å². The Morgan fingerprint density at radius 2 is 1.96 bits per heavy atom. The summed E-state index contributed by atoms with van der Waals surface area (Å²) in [6, 6.07) is 12.5. The van der Waals surface area contributed by atoms with E-state index in [1.54, 1.807) is 12.4 Å². The van der Waals surface area contributed by atoms with Crippen LogP contribution in [-0.2, 0) is 0 Å². The lowest BCUT2D eigenvalue weighted by molar-refractivity contribution is 0.795. The van der Waals surface area contributed by atoms with E-state index in [1.807, 2.05) is 37.4 Å². The van der Waals surface area contributed by atoms with Crippen LogP contribution in [0.3, 0.4) is 0 Å².